The first-order valence-electron chi connectivity index (χ1n) is 10.1. The molecule has 0 aliphatic heterocycles. The van der Waals surface area contributed by atoms with Gasteiger partial charge in [0, 0.05) is 0 Å². The van der Waals surface area contributed by atoms with Crippen molar-refractivity contribution >= 4 is 10.1 Å². The fourth-order valence-corrected chi connectivity index (χ4v) is 4.04. The number of unbranched alkanes of at least 4 members (excludes halogenated alkanes) is 9. The SMILES string of the molecule is CCCCCCCCC(O)CCCCCCCC(CC)S(=O)(=O)O. The van der Waals surface area contributed by atoms with Gasteiger partial charge in [-0.2, -0.15) is 8.42 Å². The molecule has 0 rings (SSSR count). The van der Waals surface area contributed by atoms with E-state index in [4.69, 9.17) is 4.55 Å². The predicted molar refractivity (Wildman–Crippen MR) is 102 cm³/mol. The average molecular weight is 365 g/mol. The second-order valence-electron chi connectivity index (χ2n) is 7.10. The summed E-state index contributed by atoms with van der Waals surface area (Å²) in [6, 6.07) is 0. The molecule has 0 aromatic carbocycles. The first-order chi connectivity index (χ1) is 11.4. The van der Waals surface area contributed by atoms with E-state index in [-0.39, 0.29) is 6.10 Å². The van der Waals surface area contributed by atoms with Crippen LogP contribution in [-0.4, -0.2) is 29.4 Å². The van der Waals surface area contributed by atoms with Gasteiger partial charge in [0.2, 0.25) is 0 Å². The van der Waals surface area contributed by atoms with Crippen LogP contribution in [0.4, 0.5) is 0 Å². The molecule has 4 nitrogen and oxygen atoms in total. The molecule has 0 saturated heterocycles. The molecule has 0 amide bonds. The van der Waals surface area contributed by atoms with Crippen LogP contribution in [0.2, 0.25) is 0 Å². The van der Waals surface area contributed by atoms with E-state index in [1.54, 1.807) is 6.92 Å². The van der Waals surface area contributed by atoms with Crippen molar-refractivity contribution in [2.24, 2.45) is 0 Å². The molecule has 0 aromatic rings. The third-order valence-corrected chi connectivity index (χ3v) is 6.24. The smallest absolute Gasteiger partial charge is 0.267 e. The van der Waals surface area contributed by atoms with Gasteiger partial charge < -0.3 is 5.11 Å². The van der Waals surface area contributed by atoms with Crippen molar-refractivity contribution in [1.29, 1.82) is 0 Å². The van der Waals surface area contributed by atoms with Crippen LogP contribution in [0.25, 0.3) is 0 Å². The van der Waals surface area contributed by atoms with Gasteiger partial charge in [-0.05, 0) is 25.7 Å². The Labute approximate surface area is 150 Å². The van der Waals surface area contributed by atoms with Crippen LogP contribution in [0.3, 0.4) is 0 Å². The highest BCUT2D eigenvalue weighted by Crippen LogP contribution is 2.16. The third kappa shape index (κ3) is 14.2. The molecular formula is C19H40O4S. The lowest BCUT2D eigenvalue weighted by Gasteiger charge is -2.11. The Hall–Kier alpha value is -0.130. The van der Waals surface area contributed by atoms with E-state index in [9.17, 15) is 13.5 Å². The van der Waals surface area contributed by atoms with Gasteiger partial charge in [-0.3, -0.25) is 4.55 Å². The molecule has 24 heavy (non-hydrogen) atoms. The van der Waals surface area contributed by atoms with Gasteiger partial charge in [0.05, 0.1) is 11.4 Å². The first kappa shape index (κ1) is 23.9. The van der Waals surface area contributed by atoms with Crippen molar-refractivity contribution < 1.29 is 18.1 Å². The van der Waals surface area contributed by atoms with Crippen LogP contribution in [0, 0.1) is 0 Å². The fourth-order valence-electron chi connectivity index (χ4n) is 3.15. The standard InChI is InChI=1S/C19H40O4S/c1-3-5-6-7-9-12-15-18(20)16-13-10-8-11-14-17-19(4-2)24(21,22)23/h18-20H,3-17H2,1-2H3,(H,21,22,23). The van der Waals surface area contributed by atoms with Gasteiger partial charge in [-0.15, -0.1) is 0 Å². The summed E-state index contributed by atoms with van der Waals surface area (Å²) in [6.07, 6.45) is 15.3. The molecule has 2 unspecified atom stereocenters. The van der Waals surface area contributed by atoms with Gasteiger partial charge in [0.25, 0.3) is 10.1 Å². The average Bonchev–Trinajstić information content (AvgIpc) is 2.52. The summed E-state index contributed by atoms with van der Waals surface area (Å²) in [5, 5.41) is 9.35. The lowest BCUT2D eigenvalue weighted by molar-refractivity contribution is 0.147. The van der Waals surface area contributed by atoms with Gasteiger partial charge in [-0.1, -0.05) is 84.5 Å². The molecule has 0 bridgehead atoms. The lowest BCUT2D eigenvalue weighted by atomic mass is 10.0. The lowest BCUT2D eigenvalue weighted by Crippen LogP contribution is -2.19. The zero-order chi connectivity index (χ0) is 18.3. The van der Waals surface area contributed by atoms with Crippen LogP contribution in [0.1, 0.15) is 110 Å². The largest absolute Gasteiger partial charge is 0.393 e. The monoisotopic (exact) mass is 364 g/mol. The van der Waals surface area contributed by atoms with Crippen LogP contribution < -0.4 is 0 Å². The summed E-state index contributed by atoms with van der Waals surface area (Å²) in [5.41, 5.74) is 0. The number of hydrogen-bond acceptors (Lipinski definition) is 3. The molecule has 0 radical (unpaired) electrons. The summed E-state index contributed by atoms with van der Waals surface area (Å²) < 4.78 is 31.2. The molecule has 0 fully saturated rings. The highest BCUT2D eigenvalue weighted by atomic mass is 32.2. The molecule has 2 N–H and O–H groups in total. The van der Waals surface area contributed by atoms with E-state index >= 15 is 0 Å². The van der Waals surface area contributed by atoms with Crippen molar-refractivity contribution in [1.82, 2.24) is 0 Å². The summed E-state index contributed by atoms with van der Waals surface area (Å²) in [5.74, 6) is 0. The Morgan fingerprint density at radius 2 is 1.12 bits per heavy atom. The summed E-state index contributed by atoms with van der Waals surface area (Å²) in [6.45, 7) is 4.02. The maximum absolute atomic E-state index is 11.1. The van der Waals surface area contributed by atoms with E-state index in [1.165, 1.54) is 32.1 Å². The van der Waals surface area contributed by atoms with E-state index < -0.39 is 15.4 Å². The fraction of sp³-hybridized carbons (Fsp3) is 1.00. The van der Waals surface area contributed by atoms with Gasteiger partial charge >= 0.3 is 0 Å². The second-order valence-corrected chi connectivity index (χ2v) is 8.80. The molecule has 146 valence electrons. The summed E-state index contributed by atoms with van der Waals surface area (Å²) >= 11 is 0. The molecule has 5 heteroatoms. The topological polar surface area (TPSA) is 74.6 Å². The van der Waals surface area contributed by atoms with E-state index in [1.807, 2.05) is 0 Å². The van der Waals surface area contributed by atoms with Crippen LogP contribution in [0.5, 0.6) is 0 Å². The van der Waals surface area contributed by atoms with Crippen molar-refractivity contribution in [3.63, 3.8) is 0 Å². The normalized spacial score (nSPS) is 14.7. The minimum Gasteiger partial charge on any atom is -0.393 e. The number of aliphatic hydroxyl groups excluding tert-OH is 1. The Balaban J connectivity index is 3.43. The maximum atomic E-state index is 11.1. The number of rotatable bonds is 17. The predicted octanol–water partition coefficient (Wildman–Crippen LogP) is 5.50. The molecule has 0 aliphatic rings. The van der Waals surface area contributed by atoms with Crippen molar-refractivity contribution in [3.05, 3.63) is 0 Å². The van der Waals surface area contributed by atoms with E-state index in [2.05, 4.69) is 6.92 Å². The zero-order valence-electron chi connectivity index (χ0n) is 15.9. The highest BCUT2D eigenvalue weighted by molar-refractivity contribution is 7.86. The summed E-state index contributed by atoms with van der Waals surface area (Å²) in [7, 11) is -3.87. The van der Waals surface area contributed by atoms with Crippen molar-refractivity contribution in [2.75, 3.05) is 0 Å². The molecule has 2 atom stereocenters. The van der Waals surface area contributed by atoms with Crippen LogP contribution >= 0.6 is 0 Å². The molecule has 0 aliphatic carbocycles. The van der Waals surface area contributed by atoms with Gasteiger partial charge in [0.15, 0.2) is 0 Å². The Morgan fingerprint density at radius 1 is 0.708 bits per heavy atom. The first-order valence-corrected chi connectivity index (χ1v) is 11.6. The highest BCUT2D eigenvalue weighted by Gasteiger charge is 2.19. The molecule has 0 aromatic heterocycles. The summed E-state index contributed by atoms with van der Waals surface area (Å²) in [4.78, 5) is 0. The second kappa shape index (κ2) is 15.2. The molecule has 0 heterocycles. The minimum atomic E-state index is -3.87. The Morgan fingerprint density at radius 3 is 1.54 bits per heavy atom. The quantitative estimate of drug-likeness (QED) is 0.264. The molecular weight excluding hydrogens is 324 g/mol. The molecule has 0 saturated carbocycles. The van der Waals surface area contributed by atoms with Crippen LogP contribution in [0.15, 0.2) is 0 Å². The van der Waals surface area contributed by atoms with E-state index in [0.717, 1.165) is 51.4 Å². The zero-order valence-corrected chi connectivity index (χ0v) is 16.7. The minimum absolute atomic E-state index is 0.153. The number of aliphatic hydroxyl groups is 1. The van der Waals surface area contributed by atoms with Gasteiger partial charge in [0.1, 0.15) is 0 Å². The Kier molecular flexibility index (Phi) is 15.1. The third-order valence-electron chi connectivity index (χ3n) is 4.83. The van der Waals surface area contributed by atoms with Crippen molar-refractivity contribution in [3.8, 4) is 0 Å². The Bertz CT molecular complexity index is 368. The van der Waals surface area contributed by atoms with Crippen molar-refractivity contribution in [2.45, 2.75) is 122 Å². The van der Waals surface area contributed by atoms with E-state index in [0.29, 0.717) is 12.8 Å². The van der Waals surface area contributed by atoms with Gasteiger partial charge in [-0.25, -0.2) is 0 Å². The maximum Gasteiger partial charge on any atom is 0.267 e. The molecule has 0 spiro atoms. The van der Waals surface area contributed by atoms with Crippen LogP contribution in [-0.2, 0) is 10.1 Å². The number of hydrogen-bond donors (Lipinski definition) is 2.